The lowest BCUT2D eigenvalue weighted by Crippen LogP contribution is -2.18. The fourth-order valence-corrected chi connectivity index (χ4v) is 3.38. The summed E-state index contributed by atoms with van der Waals surface area (Å²) in [6.45, 7) is 0. The highest BCUT2D eigenvalue weighted by Crippen LogP contribution is 2.31. The molecule has 4 rings (SSSR count). The van der Waals surface area contributed by atoms with Crippen molar-refractivity contribution in [2.75, 3.05) is 10.6 Å². The predicted molar refractivity (Wildman–Crippen MR) is 101 cm³/mol. The van der Waals surface area contributed by atoms with Gasteiger partial charge in [-0.05, 0) is 43.2 Å². The summed E-state index contributed by atoms with van der Waals surface area (Å²) in [7, 11) is 0. The average molecular weight is 389 g/mol. The van der Waals surface area contributed by atoms with Gasteiger partial charge in [-0.3, -0.25) is 4.79 Å². The van der Waals surface area contributed by atoms with Crippen LogP contribution in [0, 0.1) is 0 Å². The number of aromatic amines is 1. The maximum atomic E-state index is 12.8. The molecule has 2 aromatic heterocycles. The molecule has 0 radical (unpaired) electrons. The standard InChI is InChI=1S/C19H18F3N5O/c20-19(21,22)11-5-7-13(8-6-11)24-16-15-14(9-10-23-17(15)28)26-18(27-16)25-12-3-1-2-4-12/h5-10,12H,1-4H2,(H,23,28)(H2,24,25,26,27). The first-order valence-electron chi connectivity index (χ1n) is 9.00. The molecule has 3 N–H and O–H groups in total. The van der Waals surface area contributed by atoms with Crippen molar-refractivity contribution >= 4 is 28.4 Å². The van der Waals surface area contributed by atoms with Gasteiger partial charge in [0, 0.05) is 17.9 Å². The Kier molecular flexibility index (Phi) is 4.66. The summed E-state index contributed by atoms with van der Waals surface area (Å²) in [5, 5.41) is 6.49. The van der Waals surface area contributed by atoms with Crippen LogP contribution in [0.2, 0.25) is 0 Å². The first-order valence-corrected chi connectivity index (χ1v) is 9.00. The van der Waals surface area contributed by atoms with Gasteiger partial charge >= 0.3 is 6.18 Å². The van der Waals surface area contributed by atoms with Crippen molar-refractivity contribution in [3.05, 3.63) is 52.4 Å². The van der Waals surface area contributed by atoms with E-state index in [-0.39, 0.29) is 22.8 Å². The van der Waals surface area contributed by atoms with E-state index >= 15 is 0 Å². The van der Waals surface area contributed by atoms with Crippen LogP contribution in [0.5, 0.6) is 0 Å². The van der Waals surface area contributed by atoms with Crippen LogP contribution in [-0.4, -0.2) is 21.0 Å². The van der Waals surface area contributed by atoms with Crippen molar-refractivity contribution in [3.8, 4) is 0 Å². The minimum atomic E-state index is -4.41. The third-order valence-electron chi connectivity index (χ3n) is 4.78. The summed E-state index contributed by atoms with van der Waals surface area (Å²) in [6, 6.07) is 6.51. The van der Waals surface area contributed by atoms with E-state index in [0.29, 0.717) is 17.2 Å². The molecular formula is C19H18F3N5O. The second-order valence-electron chi connectivity index (χ2n) is 6.79. The first-order chi connectivity index (χ1) is 13.4. The van der Waals surface area contributed by atoms with Gasteiger partial charge in [0.05, 0.1) is 11.1 Å². The van der Waals surface area contributed by atoms with Gasteiger partial charge in [0.2, 0.25) is 5.95 Å². The molecule has 28 heavy (non-hydrogen) atoms. The molecule has 1 saturated carbocycles. The van der Waals surface area contributed by atoms with E-state index in [9.17, 15) is 18.0 Å². The van der Waals surface area contributed by atoms with Gasteiger partial charge in [-0.25, -0.2) is 4.98 Å². The smallest absolute Gasteiger partial charge is 0.351 e. The highest BCUT2D eigenvalue weighted by molar-refractivity contribution is 5.90. The van der Waals surface area contributed by atoms with Crippen molar-refractivity contribution < 1.29 is 13.2 Å². The molecule has 146 valence electrons. The lowest BCUT2D eigenvalue weighted by atomic mass is 10.2. The Hall–Kier alpha value is -3.10. The van der Waals surface area contributed by atoms with Crippen molar-refractivity contribution in [2.24, 2.45) is 0 Å². The molecule has 3 aromatic rings. The van der Waals surface area contributed by atoms with E-state index in [1.54, 1.807) is 6.07 Å². The number of anilines is 3. The number of nitrogens with one attached hydrogen (secondary N) is 3. The molecule has 1 aromatic carbocycles. The van der Waals surface area contributed by atoms with Gasteiger partial charge in [-0.1, -0.05) is 12.8 Å². The second kappa shape index (κ2) is 7.14. The van der Waals surface area contributed by atoms with Crippen LogP contribution in [0.25, 0.3) is 10.9 Å². The Balaban J connectivity index is 1.70. The normalized spacial score (nSPS) is 15.1. The fraction of sp³-hybridized carbons (Fsp3) is 0.316. The number of pyridine rings is 1. The number of alkyl halides is 3. The topological polar surface area (TPSA) is 82.7 Å². The minimum absolute atomic E-state index is 0.243. The fourth-order valence-electron chi connectivity index (χ4n) is 3.38. The molecule has 0 spiro atoms. The molecule has 0 unspecified atom stereocenters. The molecule has 0 bridgehead atoms. The quantitative estimate of drug-likeness (QED) is 0.615. The highest BCUT2D eigenvalue weighted by Gasteiger charge is 2.30. The Bertz CT molecular complexity index is 1040. The van der Waals surface area contributed by atoms with E-state index < -0.39 is 11.7 Å². The Labute approximate surface area is 158 Å². The van der Waals surface area contributed by atoms with Crippen LogP contribution < -0.4 is 16.2 Å². The number of H-pyrrole nitrogens is 1. The third-order valence-corrected chi connectivity index (χ3v) is 4.78. The van der Waals surface area contributed by atoms with Gasteiger partial charge in [0.25, 0.3) is 5.56 Å². The number of rotatable bonds is 4. The SMILES string of the molecule is O=c1[nH]ccc2nc(NC3CCCC3)nc(Nc3ccc(C(F)(F)F)cc3)c12. The lowest BCUT2D eigenvalue weighted by Gasteiger charge is -2.15. The molecule has 0 amide bonds. The second-order valence-corrected chi connectivity index (χ2v) is 6.79. The van der Waals surface area contributed by atoms with Gasteiger partial charge in [-0.15, -0.1) is 0 Å². The Morgan fingerprint density at radius 3 is 2.43 bits per heavy atom. The molecule has 6 nitrogen and oxygen atoms in total. The van der Waals surface area contributed by atoms with Crippen molar-refractivity contribution in [1.82, 2.24) is 15.0 Å². The van der Waals surface area contributed by atoms with Gasteiger partial charge in [0.1, 0.15) is 11.2 Å². The van der Waals surface area contributed by atoms with Gasteiger partial charge in [-0.2, -0.15) is 18.2 Å². The molecule has 1 aliphatic rings. The van der Waals surface area contributed by atoms with Crippen molar-refractivity contribution in [3.63, 3.8) is 0 Å². The summed E-state index contributed by atoms with van der Waals surface area (Å²) >= 11 is 0. The van der Waals surface area contributed by atoms with Crippen LogP contribution in [0.15, 0.2) is 41.3 Å². The summed E-state index contributed by atoms with van der Waals surface area (Å²) in [6.07, 6.45) is 1.43. The van der Waals surface area contributed by atoms with E-state index in [1.165, 1.54) is 18.3 Å². The lowest BCUT2D eigenvalue weighted by molar-refractivity contribution is -0.137. The molecule has 0 atom stereocenters. The molecule has 0 aliphatic heterocycles. The van der Waals surface area contributed by atoms with E-state index in [0.717, 1.165) is 37.8 Å². The summed E-state index contributed by atoms with van der Waals surface area (Å²) in [5.74, 6) is 0.631. The summed E-state index contributed by atoms with van der Waals surface area (Å²) < 4.78 is 38.3. The van der Waals surface area contributed by atoms with Gasteiger partial charge in [0.15, 0.2) is 0 Å². The van der Waals surface area contributed by atoms with Gasteiger partial charge < -0.3 is 15.6 Å². The van der Waals surface area contributed by atoms with Crippen molar-refractivity contribution in [2.45, 2.75) is 37.9 Å². The van der Waals surface area contributed by atoms with Crippen LogP contribution in [-0.2, 0) is 6.18 Å². The molecule has 9 heteroatoms. The number of halogens is 3. The van der Waals surface area contributed by atoms with Crippen molar-refractivity contribution in [1.29, 1.82) is 0 Å². The Morgan fingerprint density at radius 2 is 1.75 bits per heavy atom. The first kappa shape index (κ1) is 18.3. The molecule has 1 fully saturated rings. The van der Waals surface area contributed by atoms with E-state index in [1.807, 2.05) is 0 Å². The Morgan fingerprint density at radius 1 is 1.04 bits per heavy atom. The number of hydrogen-bond donors (Lipinski definition) is 3. The number of benzene rings is 1. The number of aromatic nitrogens is 3. The molecule has 0 saturated heterocycles. The zero-order chi connectivity index (χ0) is 19.7. The number of nitrogens with zero attached hydrogens (tertiary/aromatic N) is 2. The van der Waals surface area contributed by atoms with Crippen LogP contribution >= 0.6 is 0 Å². The zero-order valence-electron chi connectivity index (χ0n) is 14.8. The predicted octanol–water partition coefficient (Wildman–Crippen LogP) is 4.44. The van der Waals surface area contributed by atoms with Crippen LogP contribution in [0.4, 0.5) is 30.6 Å². The molecule has 1 aliphatic carbocycles. The number of hydrogen-bond acceptors (Lipinski definition) is 5. The zero-order valence-corrected chi connectivity index (χ0v) is 14.8. The highest BCUT2D eigenvalue weighted by atomic mass is 19.4. The van der Waals surface area contributed by atoms with Crippen LogP contribution in [0.3, 0.4) is 0 Å². The third kappa shape index (κ3) is 3.78. The minimum Gasteiger partial charge on any atom is -0.351 e. The maximum absolute atomic E-state index is 12.8. The number of fused-ring (bicyclic) bond motifs is 1. The maximum Gasteiger partial charge on any atom is 0.416 e. The summed E-state index contributed by atoms with van der Waals surface area (Å²) in [5.41, 5.74) is -0.275. The van der Waals surface area contributed by atoms with E-state index in [2.05, 4.69) is 25.6 Å². The molecular weight excluding hydrogens is 371 g/mol. The molecule has 2 heterocycles. The monoisotopic (exact) mass is 389 g/mol. The summed E-state index contributed by atoms with van der Waals surface area (Å²) in [4.78, 5) is 23.7. The van der Waals surface area contributed by atoms with E-state index in [4.69, 9.17) is 0 Å². The average Bonchev–Trinajstić information content (AvgIpc) is 3.14. The van der Waals surface area contributed by atoms with Crippen LogP contribution in [0.1, 0.15) is 31.2 Å². The largest absolute Gasteiger partial charge is 0.416 e.